The number of piperazine rings is 1. The first-order valence-corrected chi connectivity index (χ1v) is 6.86. The summed E-state index contributed by atoms with van der Waals surface area (Å²) < 4.78 is 0. The number of likely N-dealkylation sites (N-methyl/N-ethyl adjacent to an activating group) is 1. The number of unbranched alkanes of at least 4 members (excludes halogenated alkanes) is 2. The van der Waals surface area contributed by atoms with Gasteiger partial charge in [-0.25, -0.2) is 0 Å². The van der Waals surface area contributed by atoms with E-state index in [0.717, 1.165) is 45.4 Å². The number of hydrogen-bond acceptors (Lipinski definition) is 3. The van der Waals surface area contributed by atoms with Crippen molar-refractivity contribution in [2.75, 3.05) is 39.8 Å². The molecule has 1 saturated heterocycles. The minimum absolute atomic E-state index is 0.00413. The summed E-state index contributed by atoms with van der Waals surface area (Å²) in [7, 11) is 2.04. The van der Waals surface area contributed by atoms with Crippen molar-refractivity contribution < 1.29 is 9.59 Å². The van der Waals surface area contributed by atoms with Gasteiger partial charge in [-0.05, 0) is 13.5 Å². The number of amides is 2. The molecule has 0 atom stereocenters. The van der Waals surface area contributed by atoms with Gasteiger partial charge in [0.25, 0.3) is 0 Å². The molecule has 5 nitrogen and oxygen atoms in total. The highest BCUT2D eigenvalue weighted by Gasteiger charge is 2.20. The molecule has 0 aromatic rings. The molecular formula is C13H25N3O2. The van der Waals surface area contributed by atoms with Crippen LogP contribution >= 0.6 is 0 Å². The molecule has 0 aliphatic carbocycles. The van der Waals surface area contributed by atoms with Gasteiger partial charge in [0.05, 0.1) is 0 Å². The Bertz CT molecular complexity index is 273. The molecule has 1 aliphatic heterocycles. The minimum atomic E-state index is -0.143. The first-order valence-electron chi connectivity index (χ1n) is 6.86. The molecule has 104 valence electrons. The van der Waals surface area contributed by atoms with Crippen molar-refractivity contribution in [1.82, 2.24) is 15.1 Å². The van der Waals surface area contributed by atoms with Crippen LogP contribution < -0.4 is 5.32 Å². The first-order chi connectivity index (χ1) is 8.63. The summed E-state index contributed by atoms with van der Waals surface area (Å²) in [6.45, 7) is 6.06. The van der Waals surface area contributed by atoms with Crippen molar-refractivity contribution >= 4 is 11.8 Å². The fraction of sp³-hybridized carbons (Fsp3) is 0.846. The van der Waals surface area contributed by atoms with E-state index < -0.39 is 0 Å². The highest BCUT2D eigenvalue weighted by molar-refractivity contribution is 5.96. The monoisotopic (exact) mass is 255 g/mol. The molecule has 0 spiro atoms. The molecule has 0 bridgehead atoms. The highest BCUT2D eigenvalue weighted by Crippen LogP contribution is 2.02. The molecule has 0 saturated carbocycles. The lowest BCUT2D eigenvalue weighted by molar-refractivity contribution is -0.137. The van der Waals surface area contributed by atoms with Crippen LogP contribution in [0.5, 0.6) is 0 Å². The zero-order valence-electron chi connectivity index (χ0n) is 11.6. The number of nitrogens with zero attached hydrogens (tertiary/aromatic N) is 2. The Morgan fingerprint density at radius 1 is 1.11 bits per heavy atom. The van der Waals surface area contributed by atoms with Crippen LogP contribution in [-0.2, 0) is 9.59 Å². The first kappa shape index (κ1) is 15.0. The summed E-state index contributed by atoms with van der Waals surface area (Å²) in [5.41, 5.74) is 0. The molecule has 1 fully saturated rings. The van der Waals surface area contributed by atoms with E-state index in [0.29, 0.717) is 6.54 Å². The topological polar surface area (TPSA) is 52.7 Å². The van der Waals surface area contributed by atoms with E-state index >= 15 is 0 Å². The lowest BCUT2D eigenvalue weighted by atomic mass is 10.2. The Balaban J connectivity index is 2.17. The van der Waals surface area contributed by atoms with Crippen LogP contribution in [0.1, 0.15) is 32.6 Å². The third-order valence-electron chi connectivity index (χ3n) is 3.27. The van der Waals surface area contributed by atoms with Gasteiger partial charge in [0.2, 0.25) is 11.8 Å². The molecular weight excluding hydrogens is 230 g/mol. The predicted molar refractivity (Wildman–Crippen MR) is 71.2 cm³/mol. The fourth-order valence-corrected chi connectivity index (χ4v) is 1.97. The quantitative estimate of drug-likeness (QED) is 0.554. The van der Waals surface area contributed by atoms with Crippen molar-refractivity contribution in [1.29, 1.82) is 0 Å². The maximum Gasteiger partial charge on any atom is 0.232 e. The van der Waals surface area contributed by atoms with Crippen LogP contribution in [0.3, 0.4) is 0 Å². The summed E-state index contributed by atoms with van der Waals surface area (Å²) >= 11 is 0. The fourth-order valence-electron chi connectivity index (χ4n) is 1.97. The summed E-state index contributed by atoms with van der Waals surface area (Å²) in [5, 5.41) is 2.80. The van der Waals surface area contributed by atoms with Crippen LogP contribution in [0, 0.1) is 0 Å². The number of carbonyl (C=O) groups is 2. The minimum Gasteiger partial charge on any atom is -0.356 e. The third-order valence-corrected chi connectivity index (χ3v) is 3.27. The SMILES string of the molecule is CCCCCNC(=O)CC(=O)N1CCN(C)CC1. The average molecular weight is 255 g/mol. The Kier molecular flexibility index (Phi) is 6.72. The smallest absolute Gasteiger partial charge is 0.232 e. The van der Waals surface area contributed by atoms with Gasteiger partial charge in [-0.1, -0.05) is 19.8 Å². The Labute approximate surface area is 110 Å². The summed E-state index contributed by atoms with van der Waals surface area (Å²) in [4.78, 5) is 27.4. The standard InChI is InChI=1S/C13H25N3O2/c1-3-4-5-6-14-12(17)11-13(18)16-9-7-15(2)8-10-16/h3-11H2,1-2H3,(H,14,17). The van der Waals surface area contributed by atoms with Gasteiger partial charge in [0.15, 0.2) is 0 Å². The van der Waals surface area contributed by atoms with Crippen molar-refractivity contribution in [3.05, 3.63) is 0 Å². The molecule has 0 radical (unpaired) electrons. The molecule has 2 amide bonds. The van der Waals surface area contributed by atoms with Crippen LogP contribution in [0.4, 0.5) is 0 Å². The van der Waals surface area contributed by atoms with Gasteiger partial charge in [0, 0.05) is 32.7 Å². The van der Waals surface area contributed by atoms with E-state index in [1.54, 1.807) is 4.90 Å². The molecule has 0 aromatic carbocycles. The maximum absolute atomic E-state index is 11.9. The molecule has 1 rings (SSSR count). The van der Waals surface area contributed by atoms with Crippen molar-refractivity contribution in [2.45, 2.75) is 32.6 Å². The second kappa shape index (κ2) is 8.08. The van der Waals surface area contributed by atoms with Crippen LogP contribution in [0.15, 0.2) is 0 Å². The molecule has 0 aromatic heterocycles. The van der Waals surface area contributed by atoms with Crippen molar-refractivity contribution in [3.8, 4) is 0 Å². The van der Waals surface area contributed by atoms with Gasteiger partial charge < -0.3 is 15.1 Å². The zero-order valence-corrected chi connectivity index (χ0v) is 11.6. The molecule has 1 aliphatic rings. The third kappa shape index (κ3) is 5.49. The van der Waals surface area contributed by atoms with E-state index in [9.17, 15) is 9.59 Å². The van der Waals surface area contributed by atoms with E-state index in [2.05, 4.69) is 17.1 Å². The molecule has 5 heteroatoms. The van der Waals surface area contributed by atoms with Crippen LogP contribution in [0.25, 0.3) is 0 Å². The van der Waals surface area contributed by atoms with E-state index in [1.165, 1.54) is 0 Å². The van der Waals surface area contributed by atoms with Gasteiger partial charge in [-0.3, -0.25) is 9.59 Å². The van der Waals surface area contributed by atoms with Crippen LogP contribution in [0.2, 0.25) is 0 Å². The molecule has 1 N–H and O–H groups in total. The normalized spacial score (nSPS) is 16.7. The molecule has 0 unspecified atom stereocenters. The Morgan fingerprint density at radius 3 is 2.39 bits per heavy atom. The van der Waals surface area contributed by atoms with Crippen molar-refractivity contribution in [2.24, 2.45) is 0 Å². The average Bonchev–Trinajstić information content (AvgIpc) is 2.35. The summed E-state index contributed by atoms with van der Waals surface area (Å²) in [5.74, 6) is -0.189. The van der Waals surface area contributed by atoms with E-state index in [1.807, 2.05) is 7.05 Å². The lowest BCUT2D eigenvalue weighted by Crippen LogP contribution is -2.48. The van der Waals surface area contributed by atoms with Crippen LogP contribution in [-0.4, -0.2) is 61.4 Å². The molecule has 1 heterocycles. The number of carbonyl (C=O) groups excluding carboxylic acids is 2. The Hall–Kier alpha value is -1.10. The lowest BCUT2D eigenvalue weighted by Gasteiger charge is -2.32. The van der Waals surface area contributed by atoms with Crippen molar-refractivity contribution in [3.63, 3.8) is 0 Å². The highest BCUT2D eigenvalue weighted by atomic mass is 16.2. The second-order valence-corrected chi connectivity index (χ2v) is 4.92. The summed E-state index contributed by atoms with van der Waals surface area (Å²) in [6, 6.07) is 0. The van der Waals surface area contributed by atoms with Gasteiger partial charge in [-0.2, -0.15) is 0 Å². The predicted octanol–water partition coefficient (Wildman–Crippen LogP) is 0.457. The van der Waals surface area contributed by atoms with E-state index in [-0.39, 0.29) is 18.2 Å². The second-order valence-electron chi connectivity index (χ2n) is 4.92. The number of rotatable bonds is 6. The van der Waals surface area contributed by atoms with Gasteiger partial charge >= 0.3 is 0 Å². The number of nitrogens with one attached hydrogen (secondary N) is 1. The maximum atomic E-state index is 11.9. The summed E-state index contributed by atoms with van der Waals surface area (Å²) in [6.07, 6.45) is 3.24. The largest absolute Gasteiger partial charge is 0.356 e. The van der Waals surface area contributed by atoms with Gasteiger partial charge in [-0.15, -0.1) is 0 Å². The zero-order chi connectivity index (χ0) is 13.4. The van der Waals surface area contributed by atoms with E-state index in [4.69, 9.17) is 0 Å². The van der Waals surface area contributed by atoms with Gasteiger partial charge in [0.1, 0.15) is 6.42 Å². The number of hydrogen-bond donors (Lipinski definition) is 1. The molecule has 18 heavy (non-hydrogen) atoms. The Morgan fingerprint density at radius 2 is 1.78 bits per heavy atom.